The largest absolute Gasteiger partial charge is 0.448 e. The highest BCUT2D eigenvalue weighted by atomic mass is 16.7. The van der Waals surface area contributed by atoms with E-state index in [1.807, 2.05) is 60.7 Å². The van der Waals surface area contributed by atoms with Gasteiger partial charge in [-0.25, -0.2) is 5.10 Å². The molecule has 0 aliphatic heterocycles. The Kier molecular flexibility index (Phi) is 3.68. The average molecular weight is 282 g/mol. The van der Waals surface area contributed by atoms with Crippen LogP contribution >= 0.6 is 0 Å². The Bertz CT molecular complexity index is 644. The number of anilines is 1. The predicted octanol–water partition coefficient (Wildman–Crippen LogP) is 2.54. The molecule has 0 atom stereocenters. The maximum absolute atomic E-state index is 5.80. The van der Waals surface area contributed by atoms with Gasteiger partial charge in [-0.1, -0.05) is 36.4 Å². The van der Waals surface area contributed by atoms with Crippen molar-refractivity contribution in [3.63, 3.8) is 0 Å². The smallest absolute Gasteiger partial charge is 0.303 e. The molecule has 0 aliphatic rings. The number of H-pyrrole nitrogens is 1. The number of aromatic nitrogens is 3. The van der Waals surface area contributed by atoms with Gasteiger partial charge >= 0.3 is 6.29 Å². The van der Waals surface area contributed by atoms with Crippen molar-refractivity contribution in [1.82, 2.24) is 15.2 Å². The maximum Gasteiger partial charge on any atom is 0.303 e. The van der Waals surface area contributed by atoms with Gasteiger partial charge < -0.3 is 15.2 Å². The van der Waals surface area contributed by atoms with Gasteiger partial charge in [0.1, 0.15) is 11.5 Å². The normalized spacial score (nSPS) is 10.5. The van der Waals surface area contributed by atoms with Gasteiger partial charge in [-0.05, 0) is 24.3 Å². The Labute approximate surface area is 121 Å². The van der Waals surface area contributed by atoms with Crippen molar-refractivity contribution in [2.45, 2.75) is 6.29 Å². The second-order valence-electron chi connectivity index (χ2n) is 4.27. The molecule has 6 nitrogen and oxygen atoms in total. The van der Waals surface area contributed by atoms with E-state index in [9.17, 15) is 0 Å². The van der Waals surface area contributed by atoms with Crippen LogP contribution in [0.2, 0.25) is 0 Å². The molecule has 0 fully saturated rings. The summed E-state index contributed by atoms with van der Waals surface area (Å²) >= 11 is 0. The van der Waals surface area contributed by atoms with E-state index < -0.39 is 6.29 Å². The third kappa shape index (κ3) is 3.30. The summed E-state index contributed by atoms with van der Waals surface area (Å²) < 4.78 is 11.6. The summed E-state index contributed by atoms with van der Waals surface area (Å²) in [7, 11) is 0. The van der Waals surface area contributed by atoms with Crippen LogP contribution in [-0.2, 0) is 0 Å². The zero-order valence-electron chi connectivity index (χ0n) is 11.1. The minimum atomic E-state index is -0.789. The monoisotopic (exact) mass is 282 g/mol. The quantitative estimate of drug-likeness (QED) is 0.702. The molecule has 0 spiro atoms. The van der Waals surface area contributed by atoms with Crippen molar-refractivity contribution in [1.29, 1.82) is 0 Å². The number of hydrogen-bond donors (Lipinski definition) is 2. The lowest BCUT2D eigenvalue weighted by Crippen LogP contribution is -2.16. The fraction of sp³-hybridized carbons (Fsp3) is 0.0667. The van der Waals surface area contributed by atoms with Crippen molar-refractivity contribution in [3.8, 4) is 11.5 Å². The molecule has 3 N–H and O–H groups in total. The highest BCUT2D eigenvalue weighted by Gasteiger charge is 2.20. The van der Waals surface area contributed by atoms with Crippen molar-refractivity contribution < 1.29 is 9.47 Å². The summed E-state index contributed by atoms with van der Waals surface area (Å²) in [6, 6.07) is 18.6. The zero-order chi connectivity index (χ0) is 14.5. The van der Waals surface area contributed by atoms with E-state index in [1.54, 1.807) is 0 Å². The number of aromatic amines is 1. The molecule has 0 amide bonds. The zero-order valence-corrected chi connectivity index (χ0v) is 11.1. The van der Waals surface area contributed by atoms with Crippen molar-refractivity contribution in [2.24, 2.45) is 0 Å². The topological polar surface area (TPSA) is 86.1 Å². The number of hydrogen-bond acceptors (Lipinski definition) is 5. The molecular weight excluding hydrogens is 268 g/mol. The molecule has 0 unspecified atom stereocenters. The van der Waals surface area contributed by atoms with Gasteiger partial charge in [0.2, 0.25) is 11.8 Å². The molecule has 0 saturated carbocycles. The lowest BCUT2D eigenvalue weighted by molar-refractivity contribution is -0.00309. The van der Waals surface area contributed by atoms with Crippen LogP contribution in [0, 0.1) is 0 Å². The van der Waals surface area contributed by atoms with E-state index >= 15 is 0 Å². The minimum absolute atomic E-state index is 0.211. The van der Waals surface area contributed by atoms with E-state index in [4.69, 9.17) is 15.2 Å². The Morgan fingerprint density at radius 1 is 0.857 bits per heavy atom. The number of rotatable bonds is 5. The third-order valence-corrected chi connectivity index (χ3v) is 2.70. The minimum Gasteiger partial charge on any atom is -0.448 e. The first-order valence-electron chi connectivity index (χ1n) is 6.42. The van der Waals surface area contributed by atoms with E-state index in [0.29, 0.717) is 17.3 Å². The Morgan fingerprint density at radius 2 is 1.38 bits per heavy atom. The molecule has 0 radical (unpaired) electrons. The molecular formula is C15H14N4O2. The van der Waals surface area contributed by atoms with Crippen LogP contribution in [-0.4, -0.2) is 15.2 Å². The van der Waals surface area contributed by atoms with Gasteiger partial charge in [0, 0.05) is 0 Å². The molecule has 0 bridgehead atoms. The van der Waals surface area contributed by atoms with Gasteiger partial charge in [-0.2, -0.15) is 4.98 Å². The average Bonchev–Trinajstić information content (AvgIpc) is 2.95. The highest BCUT2D eigenvalue weighted by molar-refractivity contribution is 5.24. The summed E-state index contributed by atoms with van der Waals surface area (Å²) in [4.78, 5) is 4.06. The number of ether oxygens (including phenoxy) is 2. The Hall–Kier alpha value is -3.02. The predicted molar refractivity (Wildman–Crippen MR) is 77.7 cm³/mol. The summed E-state index contributed by atoms with van der Waals surface area (Å²) in [6.07, 6.45) is -0.789. The first-order chi connectivity index (χ1) is 10.3. The number of nitrogens with zero attached hydrogens (tertiary/aromatic N) is 2. The van der Waals surface area contributed by atoms with Gasteiger partial charge in [0.25, 0.3) is 0 Å². The van der Waals surface area contributed by atoms with Crippen LogP contribution in [0.25, 0.3) is 0 Å². The maximum atomic E-state index is 5.80. The summed E-state index contributed by atoms with van der Waals surface area (Å²) in [5.41, 5.74) is 5.56. The first-order valence-corrected chi connectivity index (χ1v) is 6.42. The van der Waals surface area contributed by atoms with Gasteiger partial charge in [0.15, 0.2) is 0 Å². The van der Waals surface area contributed by atoms with E-state index in [-0.39, 0.29) is 5.95 Å². The highest BCUT2D eigenvalue weighted by Crippen LogP contribution is 2.23. The van der Waals surface area contributed by atoms with E-state index in [2.05, 4.69) is 15.2 Å². The number of nitrogens with two attached hydrogens (primary N) is 1. The molecule has 106 valence electrons. The van der Waals surface area contributed by atoms with Crippen LogP contribution in [0.5, 0.6) is 11.5 Å². The van der Waals surface area contributed by atoms with Gasteiger partial charge in [-0.15, -0.1) is 5.10 Å². The summed E-state index contributed by atoms with van der Waals surface area (Å²) in [5.74, 6) is 1.85. The standard InChI is InChI=1S/C15H14N4O2/c16-15-17-13(18-19-15)14(20-11-7-3-1-4-8-11)21-12-9-5-2-6-10-12/h1-10,14H,(H3,16,17,18,19). The first kappa shape index (κ1) is 13.0. The molecule has 0 saturated heterocycles. The van der Waals surface area contributed by atoms with Gasteiger partial charge in [-0.3, -0.25) is 0 Å². The van der Waals surface area contributed by atoms with Crippen LogP contribution in [0.4, 0.5) is 5.95 Å². The lowest BCUT2D eigenvalue weighted by Gasteiger charge is -2.17. The fourth-order valence-corrected chi connectivity index (χ4v) is 1.77. The second-order valence-corrected chi connectivity index (χ2v) is 4.27. The number of nitrogens with one attached hydrogen (secondary N) is 1. The Balaban J connectivity index is 1.84. The van der Waals surface area contributed by atoms with Crippen LogP contribution < -0.4 is 15.2 Å². The van der Waals surface area contributed by atoms with Crippen molar-refractivity contribution >= 4 is 5.95 Å². The van der Waals surface area contributed by atoms with Crippen LogP contribution in [0.1, 0.15) is 12.1 Å². The number of benzene rings is 2. The molecule has 6 heteroatoms. The number of nitrogen functional groups attached to an aromatic ring is 1. The number of para-hydroxylation sites is 2. The fourth-order valence-electron chi connectivity index (χ4n) is 1.77. The molecule has 0 aliphatic carbocycles. The van der Waals surface area contributed by atoms with Crippen molar-refractivity contribution in [3.05, 3.63) is 66.5 Å². The van der Waals surface area contributed by atoms with E-state index in [0.717, 1.165) is 0 Å². The molecule has 2 aromatic carbocycles. The molecule has 1 aromatic heterocycles. The Morgan fingerprint density at radius 3 is 1.81 bits per heavy atom. The third-order valence-electron chi connectivity index (χ3n) is 2.70. The lowest BCUT2D eigenvalue weighted by atomic mass is 10.3. The molecule has 1 heterocycles. The molecule has 3 rings (SSSR count). The van der Waals surface area contributed by atoms with E-state index in [1.165, 1.54) is 0 Å². The van der Waals surface area contributed by atoms with Crippen LogP contribution in [0.3, 0.4) is 0 Å². The molecule has 21 heavy (non-hydrogen) atoms. The SMILES string of the molecule is Nc1nc(C(Oc2ccccc2)Oc2ccccc2)n[nH]1. The van der Waals surface area contributed by atoms with Crippen molar-refractivity contribution in [2.75, 3.05) is 5.73 Å². The van der Waals surface area contributed by atoms with Crippen LogP contribution in [0.15, 0.2) is 60.7 Å². The molecule has 3 aromatic rings. The summed E-state index contributed by atoms with van der Waals surface area (Å²) in [6.45, 7) is 0. The second kappa shape index (κ2) is 5.96. The summed E-state index contributed by atoms with van der Waals surface area (Å²) in [5, 5.41) is 6.57. The van der Waals surface area contributed by atoms with Gasteiger partial charge in [0.05, 0.1) is 0 Å².